The molecule has 1 fully saturated rings. The number of nitrogens with zero attached hydrogens (tertiary/aromatic N) is 1. The van der Waals surface area contributed by atoms with E-state index in [1.807, 2.05) is 48.5 Å². The van der Waals surface area contributed by atoms with Gasteiger partial charge in [0.2, 0.25) is 5.91 Å². The summed E-state index contributed by atoms with van der Waals surface area (Å²) in [5.74, 6) is -0.427. The van der Waals surface area contributed by atoms with Gasteiger partial charge >= 0.3 is 0 Å². The standard InChI is InChI=1S/C21H24N2O4/c1-27-14-19(25)22-12-17-20(15-8-4-2-5-9-15)18(13-24)23(17)21(26)16-10-6-3-7-11-16/h2-11,17-18,20,24H,12-14H2,1H3,(H,22,25)/t17-,18-,20-/m0/s1. The number of benzene rings is 2. The van der Waals surface area contributed by atoms with Gasteiger partial charge in [0.05, 0.1) is 18.7 Å². The van der Waals surface area contributed by atoms with Crippen molar-refractivity contribution < 1.29 is 19.4 Å². The fourth-order valence-electron chi connectivity index (χ4n) is 3.72. The molecule has 0 aliphatic carbocycles. The minimum absolute atomic E-state index is 0.0290. The van der Waals surface area contributed by atoms with Gasteiger partial charge in [0.15, 0.2) is 0 Å². The summed E-state index contributed by atoms with van der Waals surface area (Å²) >= 11 is 0. The molecule has 0 radical (unpaired) electrons. The maximum absolute atomic E-state index is 13.0. The molecule has 142 valence electrons. The van der Waals surface area contributed by atoms with Gasteiger partial charge in [-0.1, -0.05) is 48.5 Å². The van der Waals surface area contributed by atoms with E-state index in [1.54, 1.807) is 17.0 Å². The topological polar surface area (TPSA) is 78.9 Å². The summed E-state index contributed by atoms with van der Waals surface area (Å²) in [4.78, 5) is 26.6. The Morgan fingerprint density at radius 2 is 1.67 bits per heavy atom. The monoisotopic (exact) mass is 368 g/mol. The van der Waals surface area contributed by atoms with E-state index in [9.17, 15) is 14.7 Å². The number of aliphatic hydroxyl groups is 1. The molecule has 6 nitrogen and oxygen atoms in total. The van der Waals surface area contributed by atoms with Crippen LogP contribution in [0.3, 0.4) is 0 Å². The van der Waals surface area contributed by atoms with Crippen molar-refractivity contribution in [2.45, 2.75) is 18.0 Å². The van der Waals surface area contributed by atoms with Crippen LogP contribution in [-0.4, -0.2) is 60.8 Å². The Kier molecular flexibility index (Phi) is 6.21. The zero-order valence-electron chi connectivity index (χ0n) is 15.2. The predicted molar refractivity (Wildman–Crippen MR) is 101 cm³/mol. The van der Waals surface area contributed by atoms with E-state index in [-0.39, 0.29) is 43.0 Å². The highest BCUT2D eigenvalue weighted by Crippen LogP contribution is 2.41. The van der Waals surface area contributed by atoms with E-state index >= 15 is 0 Å². The van der Waals surface area contributed by atoms with Crippen molar-refractivity contribution in [1.82, 2.24) is 10.2 Å². The van der Waals surface area contributed by atoms with E-state index in [0.29, 0.717) is 12.1 Å². The average molecular weight is 368 g/mol. The van der Waals surface area contributed by atoms with E-state index in [1.165, 1.54) is 7.11 Å². The molecule has 0 unspecified atom stereocenters. The van der Waals surface area contributed by atoms with Gasteiger partial charge in [-0.15, -0.1) is 0 Å². The van der Waals surface area contributed by atoms with Crippen LogP contribution in [-0.2, 0) is 9.53 Å². The van der Waals surface area contributed by atoms with Gasteiger partial charge in [0.1, 0.15) is 6.61 Å². The number of rotatable bonds is 7. The molecular weight excluding hydrogens is 344 g/mol. The molecule has 1 aliphatic heterocycles. The molecule has 6 heteroatoms. The largest absolute Gasteiger partial charge is 0.394 e. The summed E-state index contributed by atoms with van der Waals surface area (Å²) in [5, 5.41) is 12.8. The van der Waals surface area contributed by atoms with Crippen LogP contribution in [0.1, 0.15) is 21.8 Å². The van der Waals surface area contributed by atoms with Crippen molar-refractivity contribution in [2.75, 3.05) is 26.9 Å². The number of carbonyl (C=O) groups is 2. The van der Waals surface area contributed by atoms with Gasteiger partial charge in [0, 0.05) is 25.1 Å². The first-order chi connectivity index (χ1) is 13.2. The van der Waals surface area contributed by atoms with Crippen LogP contribution < -0.4 is 5.32 Å². The smallest absolute Gasteiger partial charge is 0.254 e. The van der Waals surface area contributed by atoms with E-state index < -0.39 is 0 Å². The van der Waals surface area contributed by atoms with Gasteiger partial charge < -0.3 is 20.1 Å². The van der Waals surface area contributed by atoms with Crippen LogP contribution in [0.25, 0.3) is 0 Å². The minimum atomic E-state index is -0.329. The number of methoxy groups -OCH3 is 1. The summed E-state index contributed by atoms with van der Waals surface area (Å²) < 4.78 is 4.85. The fourth-order valence-corrected chi connectivity index (χ4v) is 3.72. The minimum Gasteiger partial charge on any atom is -0.394 e. The molecule has 0 spiro atoms. The van der Waals surface area contributed by atoms with Crippen LogP contribution in [0.15, 0.2) is 60.7 Å². The van der Waals surface area contributed by atoms with Gasteiger partial charge in [0.25, 0.3) is 5.91 Å². The molecule has 3 atom stereocenters. The molecule has 2 amide bonds. The molecule has 2 N–H and O–H groups in total. The van der Waals surface area contributed by atoms with Crippen molar-refractivity contribution >= 4 is 11.8 Å². The van der Waals surface area contributed by atoms with Gasteiger partial charge in [-0.25, -0.2) is 0 Å². The third kappa shape index (κ3) is 4.02. The van der Waals surface area contributed by atoms with Crippen LogP contribution in [0.2, 0.25) is 0 Å². The molecule has 27 heavy (non-hydrogen) atoms. The number of nitrogens with one attached hydrogen (secondary N) is 1. The number of ether oxygens (including phenoxy) is 1. The highest BCUT2D eigenvalue weighted by molar-refractivity contribution is 5.95. The van der Waals surface area contributed by atoms with Gasteiger partial charge in [-0.3, -0.25) is 9.59 Å². The zero-order chi connectivity index (χ0) is 19.2. The van der Waals surface area contributed by atoms with E-state index in [4.69, 9.17) is 4.74 Å². The Hall–Kier alpha value is -2.70. The molecule has 3 rings (SSSR count). The maximum atomic E-state index is 13.0. The first kappa shape index (κ1) is 19.1. The summed E-state index contributed by atoms with van der Waals surface area (Å²) in [7, 11) is 1.46. The molecule has 1 aliphatic rings. The average Bonchev–Trinajstić information content (AvgIpc) is 2.69. The molecule has 0 saturated carbocycles. The number of hydrogen-bond donors (Lipinski definition) is 2. The SMILES string of the molecule is COCC(=O)NC[C@H]1[C@H](c2ccccc2)[C@H](CO)N1C(=O)c1ccccc1. The second-order valence-electron chi connectivity index (χ2n) is 6.57. The molecule has 1 saturated heterocycles. The van der Waals surface area contributed by atoms with E-state index in [2.05, 4.69) is 5.32 Å². The molecule has 0 bridgehead atoms. The van der Waals surface area contributed by atoms with Crippen molar-refractivity contribution in [1.29, 1.82) is 0 Å². The van der Waals surface area contributed by atoms with Gasteiger partial charge in [-0.05, 0) is 17.7 Å². The molecule has 1 heterocycles. The Balaban J connectivity index is 1.85. The summed E-state index contributed by atoms with van der Waals surface area (Å²) in [6, 6.07) is 18.2. The highest BCUT2D eigenvalue weighted by atomic mass is 16.5. The molecular formula is C21H24N2O4. The lowest BCUT2D eigenvalue weighted by atomic mass is 9.74. The number of aliphatic hydroxyl groups excluding tert-OH is 1. The first-order valence-corrected chi connectivity index (χ1v) is 8.96. The Morgan fingerprint density at radius 1 is 1.04 bits per heavy atom. The van der Waals surface area contributed by atoms with Crippen molar-refractivity contribution in [3.8, 4) is 0 Å². The van der Waals surface area contributed by atoms with Crippen molar-refractivity contribution in [3.05, 3.63) is 71.8 Å². The predicted octanol–water partition coefficient (Wildman–Crippen LogP) is 1.42. The second-order valence-corrected chi connectivity index (χ2v) is 6.57. The maximum Gasteiger partial charge on any atom is 0.254 e. The number of carbonyl (C=O) groups excluding carboxylic acids is 2. The van der Waals surface area contributed by atoms with Crippen molar-refractivity contribution in [3.63, 3.8) is 0 Å². The summed E-state index contributed by atoms with van der Waals surface area (Å²) in [6.45, 7) is 0.135. The van der Waals surface area contributed by atoms with Crippen LogP contribution in [0.5, 0.6) is 0 Å². The lowest BCUT2D eigenvalue weighted by Gasteiger charge is -2.55. The number of likely N-dealkylation sites (tertiary alicyclic amines) is 1. The summed E-state index contributed by atoms with van der Waals surface area (Å²) in [5.41, 5.74) is 1.61. The molecule has 0 aromatic heterocycles. The van der Waals surface area contributed by atoms with Crippen LogP contribution in [0, 0.1) is 0 Å². The third-order valence-electron chi connectivity index (χ3n) is 4.95. The zero-order valence-corrected chi connectivity index (χ0v) is 15.2. The first-order valence-electron chi connectivity index (χ1n) is 8.96. The third-order valence-corrected chi connectivity index (χ3v) is 4.95. The lowest BCUT2D eigenvalue weighted by molar-refractivity contribution is -0.125. The Labute approximate surface area is 158 Å². The lowest BCUT2D eigenvalue weighted by Crippen LogP contribution is -2.68. The normalized spacial score (nSPS) is 21.4. The number of hydrogen-bond acceptors (Lipinski definition) is 4. The Morgan fingerprint density at radius 3 is 2.26 bits per heavy atom. The fraction of sp³-hybridized carbons (Fsp3) is 0.333. The number of amides is 2. The van der Waals surface area contributed by atoms with Crippen LogP contribution in [0.4, 0.5) is 0 Å². The molecule has 2 aromatic carbocycles. The van der Waals surface area contributed by atoms with Crippen LogP contribution >= 0.6 is 0 Å². The summed E-state index contributed by atoms with van der Waals surface area (Å²) in [6.07, 6.45) is 0. The second kappa shape index (κ2) is 8.79. The molecule has 2 aromatic rings. The quantitative estimate of drug-likeness (QED) is 0.775. The highest BCUT2D eigenvalue weighted by Gasteiger charge is 2.51. The van der Waals surface area contributed by atoms with Gasteiger partial charge in [-0.2, -0.15) is 0 Å². The Bertz CT molecular complexity index is 766. The van der Waals surface area contributed by atoms with E-state index in [0.717, 1.165) is 5.56 Å². The van der Waals surface area contributed by atoms with Crippen molar-refractivity contribution in [2.24, 2.45) is 0 Å².